The molecule has 1 saturated heterocycles. The number of hydrogen-bond acceptors (Lipinski definition) is 5. The molecule has 0 bridgehead atoms. The van der Waals surface area contributed by atoms with E-state index in [1.807, 2.05) is 17.5 Å². The van der Waals surface area contributed by atoms with E-state index in [-0.39, 0.29) is 37.1 Å². The van der Waals surface area contributed by atoms with E-state index in [1.165, 1.54) is 4.90 Å². The van der Waals surface area contributed by atoms with E-state index in [9.17, 15) is 14.4 Å². The molecule has 1 unspecified atom stereocenters. The van der Waals surface area contributed by atoms with Gasteiger partial charge in [0.25, 0.3) is 0 Å². The van der Waals surface area contributed by atoms with Crippen LogP contribution in [0.1, 0.15) is 29.7 Å². The van der Waals surface area contributed by atoms with E-state index >= 15 is 0 Å². The summed E-state index contributed by atoms with van der Waals surface area (Å²) in [5.41, 5.74) is -0.763. The highest BCUT2D eigenvalue weighted by Crippen LogP contribution is 2.43. The fourth-order valence-corrected chi connectivity index (χ4v) is 4.88. The summed E-state index contributed by atoms with van der Waals surface area (Å²) in [6.45, 7) is 1.16. The van der Waals surface area contributed by atoms with Crippen LogP contribution < -0.4 is 0 Å². The Hall–Kier alpha value is -2.22. The van der Waals surface area contributed by atoms with Crippen molar-refractivity contribution in [3.05, 3.63) is 57.2 Å². The smallest absolute Gasteiger partial charge is 0.240 e. The van der Waals surface area contributed by atoms with Crippen LogP contribution in [0.25, 0.3) is 0 Å². The summed E-state index contributed by atoms with van der Waals surface area (Å²) in [6, 6.07) is 10.8. The molecule has 1 aliphatic rings. The minimum atomic E-state index is -1.29. The number of imide groups is 1. The average molecular weight is 449 g/mol. The summed E-state index contributed by atoms with van der Waals surface area (Å²) in [5.74, 6) is -0.859. The lowest BCUT2D eigenvalue weighted by atomic mass is 9.75. The van der Waals surface area contributed by atoms with Gasteiger partial charge in [-0.2, -0.15) is 0 Å². The number of thiophene rings is 1. The molecule has 2 aromatic rings. The van der Waals surface area contributed by atoms with Gasteiger partial charge in [-0.3, -0.25) is 19.3 Å². The van der Waals surface area contributed by atoms with Crippen LogP contribution in [0.5, 0.6) is 0 Å². The highest BCUT2D eigenvalue weighted by molar-refractivity contribution is 7.09. The Morgan fingerprint density at radius 1 is 1.27 bits per heavy atom. The van der Waals surface area contributed by atoms with Crippen molar-refractivity contribution in [1.29, 1.82) is 0 Å². The number of methoxy groups -OCH3 is 1. The van der Waals surface area contributed by atoms with Crippen molar-refractivity contribution < 1.29 is 19.1 Å². The van der Waals surface area contributed by atoms with E-state index < -0.39 is 5.41 Å². The van der Waals surface area contributed by atoms with Gasteiger partial charge in [0, 0.05) is 50.1 Å². The molecule has 0 saturated carbocycles. The van der Waals surface area contributed by atoms with Gasteiger partial charge >= 0.3 is 0 Å². The van der Waals surface area contributed by atoms with Gasteiger partial charge < -0.3 is 9.64 Å². The highest BCUT2D eigenvalue weighted by Gasteiger charge is 2.54. The van der Waals surface area contributed by atoms with Gasteiger partial charge in [0.05, 0.1) is 12.0 Å². The zero-order chi connectivity index (χ0) is 21.7. The molecule has 8 heteroatoms. The molecule has 1 atom stereocenters. The number of carbonyl (C=O) groups is 3. The maximum Gasteiger partial charge on any atom is 0.240 e. The molecule has 0 N–H and O–H groups in total. The van der Waals surface area contributed by atoms with E-state index in [2.05, 4.69) is 0 Å². The second kappa shape index (κ2) is 9.73. The van der Waals surface area contributed by atoms with Crippen LogP contribution >= 0.6 is 22.9 Å². The van der Waals surface area contributed by atoms with Crippen molar-refractivity contribution >= 4 is 40.7 Å². The summed E-state index contributed by atoms with van der Waals surface area (Å²) in [5, 5.41) is 2.33. The molecule has 2 heterocycles. The number of benzene rings is 1. The predicted octanol–water partition coefficient (Wildman–Crippen LogP) is 3.48. The lowest BCUT2D eigenvalue weighted by molar-refractivity contribution is -0.142. The first kappa shape index (κ1) is 22.5. The molecule has 0 aliphatic carbocycles. The third kappa shape index (κ3) is 4.58. The van der Waals surface area contributed by atoms with Crippen LogP contribution in [0.3, 0.4) is 0 Å². The zero-order valence-electron chi connectivity index (χ0n) is 17.1. The molecule has 30 heavy (non-hydrogen) atoms. The zero-order valence-corrected chi connectivity index (χ0v) is 18.7. The van der Waals surface area contributed by atoms with Gasteiger partial charge in [0.15, 0.2) is 0 Å². The molecular weight excluding hydrogens is 424 g/mol. The Labute approximate surface area is 185 Å². The number of hydrogen-bond donors (Lipinski definition) is 0. The van der Waals surface area contributed by atoms with Gasteiger partial charge in [-0.1, -0.05) is 35.9 Å². The SMILES string of the molecule is COCCCN1C(=O)CC(CC(=O)N(C)Cc2cccs2)(c2ccccc2Cl)C1=O. The number of likely N-dealkylation sites (tertiary alicyclic amines) is 1. The molecule has 1 aliphatic heterocycles. The van der Waals surface area contributed by atoms with E-state index in [4.69, 9.17) is 16.3 Å². The second-order valence-corrected chi connectivity index (χ2v) is 8.88. The first-order valence-electron chi connectivity index (χ1n) is 9.74. The molecule has 1 aromatic heterocycles. The Balaban J connectivity index is 1.90. The lowest BCUT2D eigenvalue weighted by Crippen LogP contribution is -2.43. The molecule has 0 spiro atoms. The highest BCUT2D eigenvalue weighted by atomic mass is 35.5. The number of nitrogens with zero attached hydrogens (tertiary/aromatic N) is 2. The molecule has 1 aromatic carbocycles. The summed E-state index contributed by atoms with van der Waals surface area (Å²) >= 11 is 8.00. The summed E-state index contributed by atoms with van der Waals surface area (Å²) in [6.07, 6.45) is 0.365. The van der Waals surface area contributed by atoms with Crippen molar-refractivity contribution in [3.63, 3.8) is 0 Å². The van der Waals surface area contributed by atoms with Crippen LogP contribution in [-0.4, -0.2) is 54.8 Å². The van der Waals surface area contributed by atoms with Crippen LogP contribution in [0.15, 0.2) is 41.8 Å². The topological polar surface area (TPSA) is 66.9 Å². The van der Waals surface area contributed by atoms with E-state index in [1.54, 1.807) is 54.7 Å². The average Bonchev–Trinajstić information content (AvgIpc) is 3.30. The van der Waals surface area contributed by atoms with Crippen molar-refractivity contribution in [3.8, 4) is 0 Å². The molecule has 3 amide bonds. The number of rotatable bonds is 9. The van der Waals surface area contributed by atoms with E-state index in [0.717, 1.165) is 4.88 Å². The van der Waals surface area contributed by atoms with Crippen molar-refractivity contribution in [2.24, 2.45) is 0 Å². The Kier molecular flexibility index (Phi) is 7.28. The van der Waals surface area contributed by atoms with Gasteiger partial charge in [-0.05, 0) is 29.5 Å². The van der Waals surface area contributed by atoms with Gasteiger partial charge in [0.1, 0.15) is 0 Å². The summed E-state index contributed by atoms with van der Waals surface area (Å²) in [7, 11) is 3.28. The predicted molar refractivity (Wildman–Crippen MR) is 116 cm³/mol. The van der Waals surface area contributed by atoms with Crippen LogP contribution in [0.2, 0.25) is 5.02 Å². The number of carbonyl (C=O) groups excluding carboxylic acids is 3. The fraction of sp³-hybridized carbons (Fsp3) is 0.409. The molecular formula is C22H25ClN2O4S. The van der Waals surface area contributed by atoms with Gasteiger partial charge in [-0.15, -0.1) is 11.3 Å². The van der Waals surface area contributed by atoms with Crippen molar-refractivity contribution in [2.45, 2.75) is 31.2 Å². The van der Waals surface area contributed by atoms with Gasteiger partial charge in [-0.25, -0.2) is 0 Å². The molecule has 1 fully saturated rings. The molecule has 0 radical (unpaired) electrons. The number of halogens is 1. The first-order chi connectivity index (χ1) is 14.4. The van der Waals surface area contributed by atoms with Crippen molar-refractivity contribution in [1.82, 2.24) is 9.80 Å². The molecule has 3 rings (SSSR count). The molecule has 160 valence electrons. The summed E-state index contributed by atoms with van der Waals surface area (Å²) in [4.78, 5) is 43.3. The Bertz CT molecular complexity index is 918. The third-order valence-electron chi connectivity index (χ3n) is 5.38. The maximum atomic E-state index is 13.5. The lowest BCUT2D eigenvalue weighted by Gasteiger charge is -2.30. The van der Waals surface area contributed by atoms with E-state index in [0.29, 0.717) is 30.2 Å². The van der Waals surface area contributed by atoms with Crippen LogP contribution in [-0.2, 0) is 31.1 Å². The van der Waals surface area contributed by atoms with Crippen molar-refractivity contribution in [2.75, 3.05) is 27.3 Å². The van der Waals surface area contributed by atoms with Crippen LogP contribution in [0, 0.1) is 0 Å². The standard InChI is InChI=1S/C22H25ClN2O4S/c1-24(15-16-7-5-12-30-16)19(26)13-22(17-8-3-4-9-18(17)23)14-20(27)25(21(22)28)10-6-11-29-2/h3-5,7-9,12H,6,10-11,13-15H2,1-2H3. The third-order valence-corrected chi connectivity index (χ3v) is 6.57. The Morgan fingerprint density at radius 2 is 2.03 bits per heavy atom. The summed E-state index contributed by atoms with van der Waals surface area (Å²) < 4.78 is 5.04. The fourth-order valence-electron chi connectivity index (χ4n) is 3.80. The quantitative estimate of drug-likeness (QED) is 0.435. The maximum absolute atomic E-state index is 13.5. The van der Waals surface area contributed by atoms with Crippen LogP contribution in [0.4, 0.5) is 0 Å². The normalized spacial score (nSPS) is 18.8. The molecule has 6 nitrogen and oxygen atoms in total. The van der Waals surface area contributed by atoms with Gasteiger partial charge in [0.2, 0.25) is 17.7 Å². The number of amides is 3. The monoisotopic (exact) mass is 448 g/mol. The second-order valence-electron chi connectivity index (χ2n) is 7.44. The number of ether oxygens (including phenoxy) is 1. The largest absolute Gasteiger partial charge is 0.385 e. The Morgan fingerprint density at radius 3 is 2.70 bits per heavy atom. The minimum absolute atomic E-state index is 0.0683. The first-order valence-corrected chi connectivity index (χ1v) is 11.0. The minimum Gasteiger partial charge on any atom is -0.385 e.